The van der Waals surface area contributed by atoms with E-state index in [9.17, 15) is 0 Å². The highest BCUT2D eigenvalue weighted by molar-refractivity contribution is 5.90. The van der Waals surface area contributed by atoms with Gasteiger partial charge >= 0.3 is 0 Å². The molecule has 4 aromatic rings. The Balaban J connectivity index is 1.51. The van der Waals surface area contributed by atoms with Crippen LogP contribution in [0.15, 0.2) is 67.1 Å². The lowest BCUT2D eigenvalue weighted by molar-refractivity contribution is 0.226. The van der Waals surface area contributed by atoms with Crippen LogP contribution < -0.4 is 5.32 Å². The van der Waals surface area contributed by atoms with Crippen LogP contribution in [0.4, 0.5) is 11.4 Å². The Morgan fingerprint density at radius 2 is 1.79 bits per heavy atom. The van der Waals surface area contributed by atoms with Crippen molar-refractivity contribution < 1.29 is 0 Å². The van der Waals surface area contributed by atoms with Gasteiger partial charge in [0.25, 0.3) is 0 Å². The Kier molecular flexibility index (Phi) is 4.25. The number of nitrogens with zero attached hydrogens (tertiary/aromatic N) is 5. The van der Waals surface area contributed by atoms with Crippen LogP contribution in [-0.2, 0) is 0 Å². The molecule has 1 N–H and O–H groups in total. The first-order valence-corrected chi connectivity index (χ1v) is 9.60. The van der Waals surface area contributed by atoms with E-state index in [-0.39, 0.29) is 6.17 Å². The molecule has 0 saturated carbocycles. The second kappa shape index (κ2) is 7.05. The van der Waals surface area contributed by atoms with Crippen molar-refractivity contribution in [2.75, 3.05) is 18.9 Å². The van der Waals surface area contributed by atoms with Crippen molar-refractivity contribution in [1.29, 1.82) is 0 Å². The Labute approximate surface area is 163 Å². The van der Waals surface area contributed by atoms with E-state index in [1.165, 1.54) is 6.42 Å². The molecule has 2 aromatic heterocycles. The van der Waals surface area contributed by atoms with Gasteiger partial charge in [0.15, 0.2) is 5.65 Å². The molecule has 5 rings (SSSR count). The summed E-state index contributed by atoms with van der Waals surface area (Å²) in [5.74, 6) is 0. The van der Waals surface area contributed by atoms with Crippen molar-refractivity contribution in [3.63, 3.8) is 0 Å². The highest BCUT2D eigenvalue weighted by Crippen LogP contribution is 2.33. The molecule has 0 amide bonds. The number of nitrogens with one attached hydrogen (secondary N) is 1. The topological polar surface area (TPSA) is 58.9 Å². The van der Waals surface area contributed by atoms with Crippen LogP contribution in [-0.4, -0.2) is 38.2 Å². The van der Waals surface area contributed by atoms with E-state index >= 15 is 0 Å². The van der Waals surface area contributed by atoms with Crippen LogP contribution in [0.5, 0.6) is 0 Å². The third-order valence-corrected chi connectivity index (χ3v) is 5.36. The van der Waals surface area contributed by atoms with Gasteiger partial charge in [-0.25, -0.2) is 14.6 Å². The van der Waals surface area contributed by atoms with Crippen LogP contribution in [0.1, 0.15) is 19.0 Å². The molecule has 2 aromatic carbocycles. The average molecular weight is 370 g/mol. The third kappa shape index (κ3) is 3.01. The van der Waals surface area contributed by atoms with Gasteiger partial charge < -0.3 is 5.32 Å². The molecule has 1 fully saturated rings. The van der Waals surface area contributed by atoms with E-state index in [2.05, 4.69) is 68.3 Å². The maximum absolute atomic E-state index is 4.96. The first kappa shape index (κ1) is 16.9. The van der Waals surface area contributed by atoms with Gasteiger partial charge in [-0.1, -0.05) is 30.3 Å². The zero-order valence-corrected chi connectivity index (χ0v) is 15.8. The predicted octanol–water partition coefficient (Wildman–Crippen LogP) is 4.46. The van der Waals surface area contributed by atoms with Crippen molar-refractivity contribution in [1.82, 2.24) is 24.6 Å². The Bertz CT molecular complexity index is 1090. The predicted molar refractivity (Wildman–Crippen MR) is 111 cm³/mol. The van der Waals surface area contributed by atoms with Gasteiger partial charge in [-0.15, -0.1) is 0 Å². The summed E-state index contributed by atoms with van der Waals surface area (Å²) in [6, 6.07) is 18.5. The number of rotatable bonds is 4. The number of benzene rings is 2. The SMILES string of the molecule is CN1CCCC1n1nc(-c2ccc(Nc3ccccc3)cc2)c2cncnc21. The molecule has 6 nitrogen and oxygen atoms in total. The summed E-state index contributed by atoms with van der Waals surface area (Å²) >= 11 is 0. The lowest BCUT2D eigenvalue weighted by Crippen LogP contribution is -2.24. The fourth-order valence-electron chi connectivity index (χ4n) is 3.90. The van der Waals surface area contributed by atoms with Gasteiger partial charge in [0.05, 0.1) is 5.39 Å². The fourth-order valence-corrected chi connectivity index (χ4v) is 3.90. The summed E-state index contributed by atoms with van der Waals surface area (Å²) in [6.45, 7) is 1.09. The van der Waals surface area contributed by atoms with Crippen molar-refractivity contribution in [3.8, 4) is 11.3 Å². The van der Waals surface area contributed by atoms with E-state index in [0.717, 1.165) is 46.6 Å². The van der Waals surface area contributed by atoms with Gasteiger partial charge in [-0.2, -0.15) is 5.10 Å². The van der Waals surface area contributed by atoms with E-state index in [4.69, 9.17) is 5.10 Å². The highest BCUT2D eigenvalue weighted by atomic mass is 15.4. The van der Waals surface area contributed by atoms with Crippen molar-refractivity contribution in [2.24, 2.45) is 0 Å². The van der Waals surface area contributed by atoms with Crippen molar-refractivity contribution in [2.45, 2.75) is 19.0 Å². The summed E-state index contributed by atoms with van der Waals surface area (Å²) in [5.41, 5.74) is 5.02. The lowest BCUT2D eigenvalue weighted by Gasteiger charge is -2.19. The largest absolute Gasteiger partial charge is 0.356 e. The van der Waals surface area contributed by atoms with Crippen LogP contribution in [0.25, 0.3) is 22.3 Å². The fraction of sp³-hybridized carbons (Fsp3) is 0.227. The van der Waals surface area contributed by atoms with Crippen LogP contribution in [0.2, 0.25) is 0 Å². The Morgan fingerprint density at radius 1 is 1.00 bits per heavy atom. The van der Waals surface area contributed by atoms with Gasteiger partial charge in [0.1, 0.15) is 18.2 Å². The van der Waals surface area contributed by atoms with Gasteiger partial charge in [0.2, 0.25) is 0 Å². The molecule has 28 heavy (non-hydrogen) atoms. The van der Waals surface area contributed by atoms with Crippen LogP contribution in [0, 0.1) is 0 Å². The first-order chi connectivity index (χ1) is 13.8. The van der Waals surface area contributed by atoms with E-state index < -0.39 is 0 Å². The molecule has 0 spiro atoms. The summed E-state index contributed by atoms with van der Waals surface area (Å²) < 4.78 is 2.06. The van der Waals surface area contributed by atoms with Crippen molar-refractivity contribution >= 4 is 22.4 Å². The van der Waals surface area contributed by atoms with Crippen molar-refractivity contribution in [3.05, 3.63) is 67.1 Å². The third-order valence-electron chi connectivity index (χ3n) is 5.36. The smallest absolute Gasteiger partial charge is 0.163 e. The normalized spacial score (nSPS) is 17.2. The molecule has 1 aliphatic heterocycles. The summed E-state index contributed by atoms with van der Waals surface area (Å²) in [6.07, 6.45) is 6.00. The summed E-state index contributed by atoms with van der Waals surface area (Å²) in [4.78, 5) is 11.1. The van der Waals surface area contributed by atoms with E-state index in [1.54, 1.807) is 6.33 Å². The molecule has 0 bridgehead atoms. The minimum absolute atomic E-state index is 0.255. The molecule has 140 valence electrons. The minimum Gasteiger partial charge on any atom is -0.356 e. The molecule has 0 radical (unpaired) electrons. The summed E-state index contributed by atoms with van der Waals surface area (Å²) in [7, 11) is 2.15. The number of hydrogen-bond donors (Lipinski definition) is 1. The maximum atomic E-state index is 4.96. The summed E-state index contributed by atoms with van der Waals surface area (Å²) in [5, 5.41) is 9.37. The number of para-hydroxylation sites is 1. The number of fused-ring (bicyclic) bond motifs is 1. The molecular weight excluding hydrogens is 348 g/mol. The molecular formula is C22H22N6. The van der Waals surface area contributed by atoms with E-state index in [0.29, 0.717) is 0 Å². The van der Waals surface area contributed by atoms with Crippen LogP contribution >= 0.6 is 0 Å². The van der Waals surface area contributed by atoms with Gasteiger partial charge in [-0.05, 0) is 50.7 Å². The molecule has 3 heterocycles. The lowest BCUT2D eigenvalue weighted by atomic mass is 10.1. The molecule has 1 unspecified atom stereocenters. The standard InChI is InChI=1S/C22H22N6/c1-27-13-5-8-20(27)28-22-19(14-23-15-24-22)21(26-28)16-9-11-18(12-10-16)25-17-6-3-2-4-7-17/h2-4,6-7,9-12,14-15,20,25H,5,8,13H2,1H3. The zero-order valence-electron chi connectivity index (χ0n) is 15.8. The minimum atomic E-state index is 0.255. The average Bonchev–Trinajstić information content (AvgIpc) is 3.33. The maximum Gasteiger partial charge on any atom is 0.163 e. The Morgan fingerprint density at radius 3 is 2.54 bits per heavy atom. The van der Waals surface area contributed by atoms with E-state index in [1.807, 2.05) is 24.4 Å². The molecule has 1 aliphatic rings. The second-order valence-electron chi connectivity index (χ2n) is 7.23. The first-order valence-electron chi connectivity index (χ1n) is 9.60. The van der Waals surface area contributed by atoms with Gasteiger partial charge in [0, 0.05) is 23.1 Å². The zero-order chi connectivity index (χ0) is 18.9. The van der Waals surface area contributed by atoms with Crippen LogP contribution in [0.3, 0.4) is 0 Å². The number of likely N-dealkylation sites (tertiary alicyclic amines) is 1. The second-order valence-corrected chi connectivity index (χ2v) is 7.23. The number of aromatic nitrogens is 4. The molecule has 6 heteroatoms. The quantitative estimate of drug-likeness (QED) is 0.575. The van der Waals surface area contributed by atoms with Gasteiger partial charge in [-0.3, -0.25) is 4.90 Å². The molecule has 0 aliphatic carbocycles. The number of anilines is 2. The number of hydrogen-bond acceptors (Lipinski definition) is 5. The Hall–Kier alpha value is -3.25. The molecule has 1 saturated heterocycles. The monoisotopic (exact) mass is 370 g/mol. The molecule has 1 atom stereocenters. The highest BCUT2D eigenvalue weighted by Gasteiger charge is 2.26.